The van der Waals surface area contributed by atoms with Gasteiger partial charge < -0.3 is 5.32 Å². The average molecular weight is 421 g/mol. The summed E-state index contributed by atoms with van der Waals surface area (Å²) in [5.74, 6) is -0.498. The van der Waals surface area contributed by atoms with Crippen molar-refractivity contribution in [2.75, 3.05) is 5.32 Å². The maximum atomic E-state index is 13.2. The van der Waals surface area contributed by atoms with E-state index in [1.807, 2.05) is 61.5 Å². The van der Waals surface area contributed by atoms with Gasteiger partial charge >= 0.3 is 0 Å². The van der Waals surface area contributed by atoms with Gasteiger partial charge in [0.05, 0.1) is 11.4 Å². The van der Waals surface area contributed by atoms with E-state index >= 15 is 0 Å². The van der Waals surface area contributed by atoms with Gasteiger partial charge in [0.15, 0.2) is 0 Å². The number of rotatable bonds is 5. The molecule has 144 valence electrons. The predicted molar refractivity (Wildman–Crippen MR) is 117 cm³/mol. The minimum Gasteiger partial charge on any atom is -0.320 e. The van der Waals surface area contributed by atoms with Gasteiger partial charge in [0, 0.05) is 15.4 Å². The number of hydrogen-bond donors (Lipinski definition) is 1. The molecule has 0 spiro atoms. The van der Waals surface area contributed by atoms with Crippen LogP contribution in [0.3, 0.4) is 0 Å². The third kappa shape index (κ3) is 4.55. The van der Waals surface area contributed by atoms with E-state index in [9.17, 15) is 9.18 Å². The molecule has 1 N–H and O–H groups in total. The summed E-state index contributed by atoms with van der Waals surface area (Å²) < 4.78 is 13.2. The lowest BCUT2D eigenvalue weighted by Crippen LogP contribution is -2.12. The van der Waals surface area contributed by atoms with Crippen molar-refractivity contribution in [2.24, 2.45) is 0 Å². The maximum Gasteiger partial charge on any atom is 0.267 e. The van der Waals surface area contributed by atoms with Crippen LogP contribution in [-0.2, 0) is 0 Å². The van der Waals surface area contributed by atoms with E-state index < -0.39 is 0 Å². The number of aryl methyl sites for hydroxylation is 1. The van der Waals surface area contributed by atoms with E-state index in [1.54, 1.807) is 23.9 Å². The van der Waals surface area contributed by atoms with Gasteiger partial charge in [0.1, 0.15) is 15.7 Å². The van der Waals surface area contributed by atoms with Crippen molar-refractivity contribution in [1.82, 2.24) is 4.98 Å². The van der Waals surface area contributed by atoms with Crippen molar-refractivity contribution in [3.05, 3.63) is 95.3 Å². The van der Waals surface area contributed by atoms with Crippen LogP contribution < -0.4 is 5.32 Å². The Kier molecular flexibility index (Phi) is 5.74. The Labute approximate surface area is 176 Å². The maximum absolute atomic E-state index is 13.2. The molecule has 0 aliphatic rings. The molecule has 1 heterocycles. The van der Waals surface area contributed by atoms with E-state index in [4.69, 9.17) is 0 Å². The molecule has 0 radical (unpaired) electrons. The molecule has 0 unspecified atom stereocenters. The number of anilines is 1. The van der Waals surface area contributed by atoms with Gasteiger partial charge in [-0.2, -0.15) is 0 Å². The number of nitrogens with one attached hydrogen (secondary N) is 1. The summed E-state index contributed by atoms with van der Waals surface area (Å²) in [6.07, 6.45) is 0. The number of benzene rings is 3. The van der Waals surface area contributed by atoms with Gasteiger partial charge in [0.2, 0.25) is 0 Å². The summed E-state index contributed by atoms with van der Waals surface area (Å²) in [5, 5.41) is 3.71. The van der Waals surface area contributed by atoms with Crippen molar-refractivity contribution < 1.29 is 9.18 Å². The van der Waals surface area contributed by atoms with Gasteiger partial charge in [-0.05, 0) is 55.5 Å². The van der Waals surface area contributed by atoms with E-state index in [2.05, 4.69) is 10.3 Å². The smallest absolute Gasteiger partial charge is 0.267 e. The second kappa shape index (κ2) is 8.59. The first kappa shape index (κ1) is 19.4. The standard InChI is InChI=1S/C23H17FN2OS2/c1-15-21(29-23(25-15)16-11-13-17(24)14-12-16)22(27)26-19-9-5-6-10-20(19)28-18-7-3-2-4-8-18/h2-14H,1H3,(H,26,27). The second-order valence-corrected chi connectivity index (χ2v) is 8.42. The molecule has 6 heteroatoms. The lowest BCUT2D eigenvalue weighted by Gasteiger charge is -2.10. The van der Waals surface area contributed by atoms with E-state index in [0.29, 0.717) is 15.6 Å². The summed E-state index contributed by atoms with van der Waals surface area (Å²) in [6, 6.07) is 23.9. The Balaban J connectivity index is 1.57. The second-order valence-electron chi connectivity index (χ2n) is 6.31. The molecular formula is C23H17FN2OS2. The topological polar surface area (TPSA) is 42.0 Å². The molecule has 3 nitrogen and oxygen atoms in total. The minimum atomic E-state index is -0.299. The Morgan fingerprint density at radius 1 is 0.966 bits per heavy atom. The summed E-state index contributed by atoms with van der Waals surface area (Å²) in [5.41, 5.74) is 2.20. The van der Waals surface area contributed by atoms with Crippen molar-refractivity contribution in [3.8, 4) is 10.6 Å². The minimum absolute atomic E-state index is 0.200. The fourth-order valence-electron chi connectivity index (χ4n) is 2.78. The first-order valence-corrected chi connectivity index (χ1v) is 10.6. The zero-order valence-electron chi connectivity index (χ0n) is 15.6. The fourth-order valence-corrected chi connectivity index (χ4v) is 4.67. The number of carbonyl (C=O) groups is 1. The predicted octanol–water partition coefficient (Wildman–Crippen LogP) is 6.66. The Bertz CT molecular complexity index is 1140. The van der Waals surface area contributed by atoms with Gasteiger partial charge in [-0.3, -0.25) is 4.79 Å². The average Bonchev–Trinajstić information content (AvgIpc) is 3.12. The van der Waals surface area contributed by atoms with Crippen molar-refractivity contribution in [1.29, 1.82) is 0 Å². The van der Waals surface area contributed by atoms with Crippen LogP contribution >= 0.6 is 23.1 Å². The summed E-state index contributed by atoms with van der Waals surface area (Å²) in [6.45, 7) is 1.81. The number of para-hydroxylation sites is 1. The Hall–Kier alpha value is -2.96. The van der Waals surface area contributed by atoms with Gasteiger partial charge in [-0.1, -0.05) is 42.1 Å². The lowest BCUT2D eigenvalue weighted by molar-refractivity contribution is 0.102. The first-order chi connectivity index (χ1) is 14.1. The molecule has 3 aromatic carbocycles. The number of aromatic nitrogens is 1. The van der Waals surface area contributed by atoms with E-state index in [-0.39, 0.29) is 11.7 Å². The van der Waals surface area contributed by atoms with Crippen LogP contribution in [0, 0.1) is 12.7 Å². The molecule has 0 bridgehead atoms. The first-order valence-electron chi connectivity index (χ1n) is 8.97. The zero-order chi connectivity index (χ0) is 20.2. The summed E-state index contributed by atoms with van der Waals surface area (Å²) in [4.78, 5) is 20.0. The van der Waals surface area contributed by atoms with Crippen LogP contribution in [-0.4, -0.2) is 10.9 Å². The molecule has 0 atom stereocenters. The fraction of sp³-hybridized carbons (Fsp3) is 0.0435. The molecule has 29 heavy (non-hydrogen) atoms. The zero-order valence-corrected chi connectivity index (χ0v) is 17.2. The highest BCUT2D eigenvalue weighted by Crippen LogP contribution is 2.34. The van der Waals surface area contributed by atoms with Gasteiger partial charge in [-0.15, -0.1) is 11.3 Å². The van der Waals surface area contributed by atoms with Crippen LogP contribution in [0.4, 0.5) is 10.1 Å². The molecule has 0 saturated heterocycles. The highest BCUT2D eigenvalue weighted by molar-refractivity contribution is 7.99. The number of nitrogens with zero attached hydrogens (tertiary/aromatic N) is 1. The normalized spacial score (nSPS) is 10.7. The lowest BCUT2D eigenvalue weighted by atomic mass is 10.2. The van der Waals surface area contributed by atoms with Crippen LogP contribution in [0.1, 0.15) is 15.4 Å². The van der Waals surface area contributed by atoms with Crippen LogP contribution in [0.25, 0.3) is 10.6 Å². The quantitative estimate of drug-likeness (QED) is 0.392. The van der Waals surface area contributed by atoms with Gasteiger partial charge in [0.25, 0.3) is 5.91 Å². The largest absolute Gasteiger partial charge is 0.320 e. The van der Waals surface area contributed by atoms with E-state index in [0.717, 1.165) is 21.0 Å². The molecular weight excluding hydrogens is 403 g/mol. The van der Waals surface area contributed by atoms with Crippen LogP contribution in [0.2, 0.25) is 0 Å². The molecule has 1 amide bonds. The van der Waals surface area contributed by atoms with Crippen LogP contribution in [0.15, 0.2) is 88.7 Å². The number of carbonyl (C=O) groups excluding carboxylic acids is 1. The molecule has 4 aromatic rings. The summed E-state index contributed by atoms with van der Waals surface area (Å²) >= 11 is 2.90. The molecule has 1 aromatic heterocycles. The Morgan fingerprint density at radius 2 is 1.66 bits per heavy atom. The number of amides is 1. The monoisotopic (exact) mass is 420 g/mol. The Morgan fingerprint density at radius 3 is 2.41 bits per heavy atom. The molecule has 4 rings (SSSR count). The number of thiazole rings is 1. The third-order valence-electron chi connectivity index (χ3n) is 4.20. The van der Waals surface area contributed by atoms with E-state index in [1.165, 1.54) is 23.5 Å². The number of hydrogen-bond acceptors (Lipinski definition) is 4. The van der Waals surface area contributed by atoms with Crippen molar-refractivity contribution >= 4 is 34.7 Å². The van der Waals surface area contributed by atoms with Crippen molar-refractivity contribution in [2.45, 2.75) is 16.7 Å². The van der Waals surface area contributed by atoms with Gasteiger partial charge in [-0.25, -0.2) is 9.37 Å². The summed E-state index contributed by atoms with van der Waals surface area (Å²) in [7, 11) is 0. The number of halogens is 1. The van der Waals surface area contributed by atoms with Crippen molar-refractivity contribution in [3.63, 3.8) is 0 Å². The highest BCUT2D eigenvalue weighted by atomic mass is 32.2. The highest BCUT2D eigenvalue weighted by Gasteiger charge is 2.17. The molecule has 0 fully saturated rings. The third-order valence-corrected chi connectivity index (χ3v) is 6.49. The van der Waals surface area contributed by atoms with Crippen LogP contribution in [0.5, 0.6) is 0 Å². The SMILES string of the molecule is Cc1nc(-c2ccc(F)cc2)sc1C(=O)Nc1ccccc1Sc1ccccc1. The molecule has 0 saturated carbocycles. The molecule has 0 aliphatic heterocycles. The molecule has 0 aliphatic carbocycles.